The molecule has 3 aromatic rings. The van der Waals surface area contributed by atoms with Crippen molar-refractivity contribution in [3.05, 3.63) is 94.1 Å². The minimum absolute atomic E-state index is 0.0833. The molecule has 1 aliphatic heterocycles. The van der Waals surface area contributed by atoms with Crippen molar-refractivity contribution < 1.29 is 31.9 Å². The van der Waals surface area contributed by atoms with E-state index in [2.05, 4.69) is 4.98 Å². The zero-order chi connectivity index (χ0) is 29.4. The Kier molecular flexibility index (Phi) is 7.48. The van der Waals surface area contributed by atoms with Gasteiger partial charge in [0.15, 0.2) is 0 Å². The molecule has 0 radical (unpaired) electrons. The van der Waals surface area contributed by atoms with Gasteiger partial charge in [-0.2, -0.15) is 18.4 Å². The monoisotopic (exact) mass is 552 g/mol. The molecule has 4 rings (SSSR count). The van der Waals surface area contributed by atoms with E-state index >= 15 is 0 Å². The molecule has 0 saturated carbocycles. The van der Waals surface area contributed by atoms with Crippen molar-refractivity contribution in [2.75, 3.05) is 4.90 Å². The molecule has 1 aliphatic rings. The Morgan fingerprint density at radius 1 is 1.02 bits per heavy atom. The van der Waals surface area contributed by atoms with Crippen LogP contribution in [0.1, 0.15) is 47.4 Å². The maximum Gasteiger partial charge on any atom is 0.417 e. The third-order valence-corrected chi connectivity index (χ3v) is 6.76. The van der Waals surface area contributed by atoms with E-state index in [9.17, 15) is 31.9 Å². The zero-order valence-corrected chi connectivity index (χ0v) is 21.8. The lowest BCUT2D eigenvalue weighted by atomic mass is 9.97. The number of aryl methyl sites for hydroxylation is 1. The van der Waals surface area contributed by atoms with Gasteiger partial charge in [-0.1, -0.05) is 6.07 Å². The normalized spacial score (nSPS) is 14.9. The number of carbonyl (C=O) groups excluding carboxylic acids is 3. The number of imide groups is 1. The fraction of sp³-hybridized carbons (Fsp3) is 0.276. The van der Waals surface area contributed by atoms with Gasteiger partial charge >= 0.3 is 12.2 Å². The Morgan fingerprint density at radius 2 is 1.75 bits per heavy atom. The number of amides is 3. The first-order valence-electron chi connectivity index (χ1n) is 12.2. The Labute approximate surface area is 227 Å². The van der Waals surface area contributed by atoms with Crippen LogP contribution in [-0.4, -0.2) is 33.1 Å². The number of ketones is 1. The number of aromatic nitrogens is 1. The molecule has 0 aliphatic carbocycles. The van der Waals surface area contributed by atoms with E-state index in [0.29, 0.717) is 22.1 Å². The second-order valence-corrected chi connectivity index (χ2v) is 10.0. The lowest BCUT2D eigenvalue weighted by molar-refractivity contribution is -0.137. The van der Waals surface area contributed by atoms with Crippen molar-refractivity contribution >= 4 is 23.4 Å². The predicted octanol–water partition coefficient (Wildman–Crippen LogP) is 5.52. The summed E-state index contributed by atoms with van der Waals surface area (Å²) in [7, 11) is 0. The molecule has 1 fully saturated rings. The second-order valence-electron chi connectivity index (χ2n) is 10.0. The van der Waals surface area contributed by atoms with Gasteiger partial charge in [0.05, 0.1) is 22.9 Å². The van der Waals surface area contributed by atoms with Gasteiger partial charge in [0.1, 0.15) is 17.1 Å². The number of rotatable bonds is 7. The van der Waals surface area contributed by atoms with Crippen LogP contribution in [-0.2, 0) is 35.2 Å². The van der Waals surface area contributed by atoms with E-state index in [4.69, 9.17) is 5.26 Å². The van der Waals surface area contributed by atoms with E-state index in [1.54, 1.807) is 25.3 Å². The largest absolute Gasteiger partial charge is 0.417 e. The fourth-order valence-electron chi connectivity index (χ4n) is 4.63. The first-order chi connectivity index (χ1) is 18.7. The third-order valence-electron chi connectivity index (χ3n) is 6.76. The smallest absolute Gasteiger partial charge is 0.305 e. The van der Waals surface area contributed by atoms with Crippen molar-refractivity contribution in [3.63, 3.8) is 0 Å². The quantitative estimate of drug-likeness (QED) is 0.284. The van der Waals surface area contributed by atoms with E-state index in [1.165, 1.54) is 38.1 Å². The molecule has 0 bridgehead atoms. The summed E-state index contributed by atoms with van der Waals surface area (Å²) < 4.78 is 54.8. The van der Waals surface area contributed by atoms with Crippen LogP contribution in [0.15, 0.2) is 54.7 Å². The SMILES string of the molecule is Cc1cc(CC(=O)Cc2cc(F)ccc2CN2C(=O)N(c3ccc(C#N)c(C(F)(F)F)c3)C(=O)C2(C)C)ccn1. The summed E-state index contributed by atoms with van der Waals surface area (Å²) in [6, 6.07) is 10.4. The van der Waals surface area contributed by atoms with Gasteiger partial charge in [0.25, 0.3) is 5.91 Å². The Morgan fingerprint density at radius 3 is 2.40 bits per heavy atom. The number of anilines is 1. The first kappa shape index (κ1) is 28.4. The molecule has 1 aromatic heterocycles. The van der Waals surface area contributed by atoms with Crippen LogP contribution in [0.4, 0.5) is 28.0 Å². The van der Waals surface area contributed by atoms with E-state index in [-0.39, 0.29) is 30.9 Å². The van der Waals surface area contributed by atoms with Gasteiger partial charge in [0.2, 0.25) is 0 Å². The topological polar surface area (TPSA) is 94.4 Å². The average molecular weight is 553 g/mol. The molecular weight excluding hydrogens is 528 g/mol. The van der Waals surface area contributed by atoms with Crippen LogP contribution in [0.5, 0.6) is 0 Å². The van der Waals surface area contributed by atoms with Crippen molar-refractivity contribution in [3.8, 4) is 6.07 Å². The van der Waals surface area contributed by atoms with Gasteiger partial charge in [0, 0.05) is 31.3 Å². The number of benzene rings is 2. The summed E-state index contributed by atoms with van der Waals surface area (Å²) >= 11 is 0. The Balaban J connectivity index is 1.63. The Hall–Kier alpha value is -4.59. The first-order valence-corrected chi connectivity index (χ1v) is 12.2. The van der Waals surface area contributed by atoms with Crippen molar-refractivity contribution in [2.45, 2.75) is 51.9 Å². The predicted molar refractivity (Wildman–Crippen MR) is 136 cm³/mol. The van der Waals surface area contributed by atoms with Crippen LogP contribution in [0.25, 0.3) is 0 Å². The second kappa shape index (κ2) is 10.5. The molecule has 3 amide bonds. The molecule has 0 spiro atoms. The van der Waals surface area contributed by atoms with Crippen LogP contribution in [0.2, 0.25) is 0 Å². The molecule has 0 unspecified atom stereocenters. The minimum Gasteiger partial charge on any atom is -0.305 e. The van der Waals surface area contributed by atoms with Gasteiger partial charge < -0.3 is 4.90 Å². The molecule has 0 atom stereocenters. The molecule has 40 heavy (non-hydrogen) atoms. The summed E-state index contributed by atoms with van der Waals surface area (Å²) in [4.78, 5) is 45.5. The van der Waals surface area contributed by atoms with Crippen molar-refractivity contribution in [1.82, 2.24) is 9.88 Å². The number of carbonyl (C=O) groups is 3. The van der Waals surface area contributed by atoms with E-state index < -0.39 is 40.6 Å². The molecule has 2 aromatic carbocycles. The van der Waals surface area contributed by atoms with E-state index in [0.717, 1.165) is 28.3 Å². The fourth-order valence-corrected chi connectivity index (χ4v) is 4.63. The summed E-state index contributed by atoms with van der Waals surface area (Å²) in [5, 5.41) is 9.07. The minimum atomic E-state index is -4.88. The number of Topliss-reactive ketones (excluding diaryl/α,β-unsaturated/α-hetero) is 1. The van der Waals surface area contributed by atoms with Crippen molar-refractivity contribution in [1.29, 1.82) is 5.26 Å². The van der Waals surface area contributed by atoms with Gasteiger partial charge in [-0.25, -0.2) is 14.1 Å². The third kappa shape index (κ3) is 5.57. The lowest BCUT2D eigenvalue weighted by Crippen LogP contribution is -2.43. The number of alkyl halides is 3. The number of pyridine rings is 1. The van der Waals surface area contributed by atoms with E-state index in [1.807, 2.05) is 0 Å². The summed E-state index contributed by atoms with van der Waals surface area (Å²) in [5.74, 6) is -1.57. The molecule has 7 nitrogen and oxygen atoms in total. The number of hydrogen-bond acceptors (Lipinski definition) is 5. The zero-order valence-electron chi connectivity index (χ0n) is 21.8. The number of nitrogens with zero attached hydrogens (tertiary/aromatic N) is 4. The van der Waals surface area contributed by atoms with Crippen LogP contribution in [0, 0.1) is 24.1 Å². The van der Waals surface area contributed by atoms with Crippen molar-refractivity contribution in [2.24, 2.45) is 0 Å². The highest BCUT2D eigenvalue weighted by molar-refractivity contribution is 6.23. The van der Waals surface area contributed by atoms with Gasteiger partial charge in [-0.15, -0.1) is 0 Å². The summed E-state index contributed by atoms with van der Waals surface area (Å²) in [6.45, 7) is 4.48. The highest BCUT2D eigenvalue weighted by Gasteiger charge is 2.52. The highest BCUT2D eigenvalue weighted by atomic mass is 19.4. The molecule has 11 heteroatoms. The lowest BCUT2D eigenvalue weighted by Gasteiger charge is -2.28. The molecule has 206 valence electrons. The average Bonchev–Trinajstić information content (AvgIpc) is 3.03. The molecule has 2 heterocycles. The summed E-state index contributed by atoms with van der Waals surface area (Å²) in [5.41, 5.74) is -1.51. The number of hydrogen-bond donors (Lipinski definition) is 0. The Bertz CT molecular complexity index is 1560. The van der Waals surface area contributed by atoms with Gasteiger partial charge in [-0.3, -0.25) is 14.6 Å². The highest BCUT2D eigenvalue weighted by Crippen LogP contribution is 2.38. The van der Waals surface area contributed by atoms with Crippen LogP contribution >= 0.6 is 0 Å². The van der Waals surface area contributed by atoms with Gasteiger partial charge in [-0.05, 0) is 79.9 Å². The standard InChI is InChI=1S/C29H24F4N4O3/c1-17-10-18(8-9-35-17)11-24(38)13-21-12-22(30)6-4-20(21)16-36-27(40)37(26(39)28(36,2)3)23-7-5-19(15-34)25(14-23)29(31,32)33/h4-10,12,14H,11,13,16H2,1-3H3. The molecule has 0 N–H and O–H groups in total. The van der Waals surface area contributed by atoms with Crippen LogP contribution in [0.3, 0.4) is 0 Å². The number of halogens is 4. The van der Waals surface area contributed by atoms with Crippen LogP contribution < -0.4 is 4.90 Å². The maximum atomic E-state index is 14.2. The number of nitriles is 1. The molecule has 1 saturated heterocycles. The maximum absolute atomic E-state index is 14.2. The molecular formula is C29H24F4N4O3. The number of urea groups is 1. The summed E-state index contributed by atoms with van der Waals surface area (Å²) in [6.07, 6.45) is -3.35.